The summed E-state index contributed by atoms with van der Waals surface area (Å²) in [5.74, 6) is -0.107. The topological polar surface area (TPSA) is 58.6 Å². The minimum Gasteiger partial charge on any atom is -0.494 e. The van der Waals surface area contributed by atoms with E-state index in [9.17, 15) is 14.0 Å². The van der Waals surface area contributed by atoms with Gasteiger partial charge >= 0.3 is 0 Å². The minimum atomic E-state index is -0.345. The van der Waals surface area contributed by atoms with Gasteiger partial charge in [0.1, 0.15) is 0 Å². The van der Waals surface area contributed by atoms with E-state index in [-0.39, 0.29) is 42.1 Å². The van der Waals surface area contributed by atoms with Gasteiger partial charge in [0.05, 0.1) is 7.11 Å². The second-order valence-corrected chi connectivity index (χ2v) is 9.20. The molecule has 0 atom stereocenters. The Labute approximate surface area is 195 Å². The number of rotatable bonds is 8. The molecule has 1 heterocycles. The molecule has 0 bridgehead atoms. The van der Waals surface area contributed by atoms with Crippen LogP contribution in [0.15, 0.2) is 36.4 Å². The highest BCUT2D eigenvalue weighted by molar-refractivity contribution is 5.98. The van der Waals surface area contributed by atoms with Crippen LogP contribution in [-0.2, 0) is 24.2 Å². The van der Waals surface area contributed by atoms with Crippen molar-refractivity contribution in [3.8, 4) is 5.75 Å². The lowest BCUT2D eigenvalue weighted by Crippen LogP contribution is -2.44. The Morgan fingerprint density at radius 1 is 1.03 bits per heavy atom. The molecule has 2 aromatic carbocycles. The van der Waals surface area contributed by atoms with Crippen LogP contribution in [0.25, 0.3) is 0 Å². The number of piperidine rings is 1. The zero-order valence-electron chi connectivity index (χ0n) is 19.4. The maximum atomic E-state index is 13.9. The number of carbonyl (C=O) groups excluding carboxylic acids is 2. The number of likely N-dealkylation sites (tertiary alicyclic amines) is 1. The van der Waals surface area contributed by atoms with Crippen LogP contribution in [0.3, 0.4) is 0 Å². The third-order valence-electron chi connectivity index (χ3n) is 6.82. The highest BCUT2D eigenvalue weighted by Crippen LogP contribution is 2.23. The zero-order chi connectivity index (χ0) is 23.2. The van der Waals surface area contributed by atoms with Gasteiger partial charge in [-0.05, 0) is 73.4 Å². The van der Waals surface area contributed by atoms with E-state index in [1.54, 1.807) is 6.07 Å². The second-order valence-electron chi connectivity index (χ2n) is 9.20. The van der Waals surface area contributed by atoms with Crippen molar-refractivity contribution in [2.45, 2.75) is 64.0 Å². The number of carbonyl (C=O) groups is 2. The molecule has 2 aromatic rings. The summed E-state index contributed by atoms with van der Waals surface area (Å²) >= 11 is 0. The summed E-state index contributed by atoms with van der Waals surface area (Å²) in [5.41, 5.74) is 4.29. The molecule has 1 saturated heterocycles. The maximum absolute atomic E-state index is 13.9. The van der Waals surface area contributed by atoms with Gasteiger partial charge in [0, 0.05) is 44.1 Å². The molecule has 1 aliphatic heterocycles. The molecule has 176 valence electrons. The van der Waals surface area contributed by atoms with Gasteiger partial charge in [-0.1, -0.05) is 18.2 Å². The number of fused-ring (bicyclic) bond motifs is 1. The van der Waals surface area contributed by atoms with Crippen LogP contribution in [0.5, 0.6) is 5.75 Å². The monoisotopic (exact) mass is 452 g/mol. The van der Waals surface area contributed by atoms with E-state index < -0.39 is 0 Å². The van der Waals surface area contributed by atoms with E-state index in [1.165, 1.54) is 37.1 Å². The highest BCUT2D eigenvalue weighted by atomic mass is 19.1. The number of amides is 1. The molecule has 1 aliphatic carbocycles. The molecule has 0 spiro atoms. The van der Waals surface area contributed by atoms with E-state index in [0.29, 0.717) is 6.54 Å². The van der Waals surface area contributed by atoms with Crippen LogP contribution < -0.4 is 10.1 Å². The van der Waals surface area contributed by atoms with Crippen LogP contribution in [0.1, 0.15) is 65.6 Å². The predicted octanol–water partition coefficient (Wildman–Crippen LogP) is 4.46. The summed E-state index contributed by atoms with van der Waals surface area (Å²) in [6.45, 7) is 2.36. The first-order valence-corrected chi connectivity index (χ1v) is 12.0. The fourth-order valence-corrected chi connectivity index (χ4v) is 4.88. The highest BCUT2D eigenvalue weighted by Gasteiger charge is 2.22. The van der Waals surface area contributed by atoms with Gasteiger partial charge in [-0.15, -0.1) is 0 Å². The lowest BCUT2D eigenvalue weighted by Gasteiger charge is -2.32. The number of hydrogen-bond acceptors (Lipinski definition) is 4. The van der Waals surface area contributed by atoms with E-state index in [2.05, 4.69) is 16.3 Å². The molecule has 33 heavy (non-hydrogen) atoms. The van der Waals surface area contributed by atoms with Crippen LogP contribution in [-0.4, -0.2) is 42.8 Å². The molecule has 0 saturated carbocycles. The summed E-state index contributed by atoms with van der Waals surface area (Å²) in [5, 5.41) is 3.09. The molecule has 4 rings (SSSR count). The first kappa shape index (κ1) is 23.4. The number of hydrogen-bond donors (Lipinski definition) is 1. The van der Waals surface area contributed by atoms with E-state index in [0.717, 1.165) is 49.9 Å². The van der Waals surface area contributed by atoms with Crippen LogP contribution in [0.2, 0.25) is 0 Å². The normalized spacial score (nSPS) is 16.8. The van der Waals surface area contributed by atoms with Gasteiger partial charge < -0.3 is 10.1 Å². The molecule has 0 aromatic heterocycles. The van der Waals surface area contributed by atoms with Crippen molar-refractivity contribution in [3.63, 3.8) is 0 Å². The molecule has 5 nitrogen and oxygen atoms in total. The van der Waals surface area contributed by atoms with Gasteiger partial charge in [-0.25, -0.2) is 4.39 Å². The standard InChI is InChI=1S/C27H33FN2O3/c1-33-26-10-6-19(16-24(26)28)18-30-14-12-23(13-15-30)29-27(32)11-9-25(31)22-8-7-20-4-2-3-5-21(20)17-22/h6-8,10,16-17,23H,2-5,9,11-15,18H2,1H3,(H,29,32). The van der Waals surface area contributed by atoms with Crippen LogP contribution >= 0.6 is 0 Å². The van der Waals surface area contributed by atoms with E-state index in [4.69, 9.17) is 4.74 Å². The van der Waals surface area contributed by atoms with Gasteiger partial charge in [0.25, 0.3) is 0 Å². The molecule has 1 amide bonds. The number of methoxy groups -OCH3 is 1. The van der Waals surface area contributed by atoms with Crippen LogP contribution in [0, 0.1) is 5.82 Å². The third kappa shape index (κ3) is 6.20. The largest absolute Gasteiger partial charge is 0.494 e. The van der Waals surface area contributed by atoms with E-state index >= 15 is 0 Å². The summed E-state index contributed by atoms with van der Waals surface area (Å²) in [6.07, 6.45) is 6.72. The molecule has 1 fully saturated rings. The average molecular weight is 453 g/mol. The molecular formula is C27H33FN2O3. The average Bonchev–Trinajstić information content (AvgIpc) is 2.83. The number of benzene rings is 2. The lowest BCUT2D eigenvalue weighted by molar-refractivity contribution is -0.122. The van der Waals surface area contributed by atoms with Crippen molar-refractivity contribution in [1.29, 1.82) is 0 Å². The van der Waals surface area contributed by atoms with Crippen molar-refractivity contribution in [1.82, 2.24) is 10.2 Å². The number of ether oxygens (including phenoxy) is 1. The molecule has 0 radical (unpaired) electrons. The predicted molar refractivity (Wildman–Crippen MR) is 126 cm³/mol. The minimum absolute atomic E-state index is 0.0417. The molecule has 2 aliphatic rings. The second kappa shape index (κ2) is 10.9. The molecule has 0 unspecified atom stereocenters. The SMILES string of the molecule is COc1ccc(CN2CCC(NC(=O)CCC(=O)c3ccc4c(c3)CCCC4)CC2)cc1F. The lowest BCUT2D eigenvalue weighted by atomic mass is 9.89. The summed E-state index contributed by atoms with van der Waals surface area (Å²) in [6, 6.07) is 11.2. The maximum Gasteiger partial charge on any atom is 0.220 e. The summed E-state index contributed by atoms with van der Waals surface area (Å²) in [4.78, 5) is 27.3. The number of ketones is 1. The van der Waals surface area contributed by atoms with Crippen molar-refractivity contribution in [2.24, 2.45) is 0 Å². The quantitative estimate of drug-likeness (QED) is 0.601. The first-order valence-electron chi connectivity index (χ1n) is 12.0. The van der Waals surface area contributed by atoms with Gasteiger partial charge in [0.2, 0.25) is 5.91 Å². The van der Waals surface area contributed by atoms with Crippen molar-refractivity contribution in [2.75, 3.05) is 20.2 Å². The number of nitrogens with zero attached hydrogens (tertiary/aromatic N) is 1. The Morgan fingerprint density at radius 3 is 2.52 bits per heavy atom. The Kier molecular flexibility index (Phi) is 7.76. The Hall–Kier alpha value is -2.73. The number of Topliss-reactive ketones (excluding diaryl/α,β-unsaturated/α-hetero) is 1. The van der Waals surface area contributed by atoms with Gasteiger partial charge in [-0.2, -0.15) is 0 Å². The van der Waals surface area contributed by atoms with Crippen LogP contribution in [0.4, 0.5) is 4.39 Å². The zero-order valence-corrected chi connectivity index (χ0v) is 19.4. The number of aryl methyl sites for hydroxylation is 2. The Morgan fingerprint density at radius 2 is 1.79 bits per heavy atom. The Bertz CT molecular complexity index is 999. The fourth-order valence-electron chi connectivity index (χ4n) is 4.88. The molecular weight excluding hydrogens is 419 g/mol. The summed E-state index contributed by atoms with van der Waals surface area (Å²) < 4.78 is 18.9. The van der Waals surface area contributed by atoms with Crippen molar-refractivity contribution in [3.05, 3.63) is 64.5 Å². The van der Waals surface area contributed by atoms with Crippen molar-refractivity contribution >= 4 is 11.7 Å². The summed E-state index contributed by atoms with van der Waals surface area (Å²) in [7, 11) is 1.46. The first-order chi connectivity index (χ1) is 16.0. The molecule has 6 heteroatoms. The van der Waals surface area contributed by atoms with E-state index in [1.807, 2.05) is 18.2 Å². The smallest absolute Gasteiger partial charge is 0.220 e. The number of nitrogens with one attached hydrogen (secondary N) is 1. The van der Waals surface area contributed by atoms with Gasteiger partial charge in [-0.3, -0.25) is 14.5 Å². The van der Waals surface area contributed by atoms with Gasteiger partial charge in [0.15, 0.2) is 17.3 Å². The third-order valence-corrected chi connectivity index (χ3v) is 6.82. The Balaban J connectivity index is 1.18. The fraction of sp³-hybridized carbons (Fsp3) is 0.481. The molecule has 1 N–H and O–H groups in total. The number of halogens is 1. The van der Waals surface area contributed by atoms with Crippen molar-refractivity contribution < 1.29 is 18.7 Å².